The second kappa shape index (κ2) is 11.0. The lowest BCUT2D eigenvalue weighted by molar-refractivity contribution is 0.284. The van der Waals surface area contributed by atoms with Gasteiger partial charge in [0.05, 0.1) is 10.4 Å². The van der Waals surface area contributed by atoms with Gasteiger partial charge in [-0.15, -0.1) is 0 Å². The van der Waals surface area contributed by atoms with Crippen molar-refractivity contribution < 1.29 is 8.42 Å². The predicted octanol–water partition coefficient (Wildman–Crippen LogP) is 5.80. The molecular weight excluding hydrogens is 482 g/mol. The molecule has 7 nitrogen and oxygen atoms in total. The molecular formula is C29H35N5O2S. The van der Waals surface area contributed by atoms with E-state index >= 15 is 0 Å². The fourth-order valence-electron chi connectivity index (χ4n) is 5.06. The number of nitrogens with one attached hydrogen (secondary N) is 3. The minimum Gasteiger partial charge on any atom is -0.367 e. The molecule has 0 amide bonds. The number of nitrogens with zero attached hydrogens (tertiary/aromatic N) is 2. The number of hydrogen-bond donors (Lipinski definition) is 3. The molecule has 0 atom stereocenters. The van der Waals surface area contributed by atoms with Crippen molar-refractivity contribution in [3.63, 3.8) is 0 Å². The molecule has 1 aliphatic carbocycles. The Labute approximate surface area is 219 Å². The highest BCUT2D eigenvalue weighted by molar-refractivity contribution is 7.89. The molecule has 8 heteroatoms. The van der Waals surface area contributed by atoms with Crippen molar-refractivity contribution in [2.45, 2.75) is 50.5 Å². The molecule has 1 saturated carbocycles. The number of para-hydroxylation sites is 1. The Bertz CT molecular complexity index is 1480. The van der Waals surface area contributed by atoms with Crippen molar-refractivity contribution >= 4 is 43.5 Å². The smallest absolute Gasteiger partial charge is 0.240 e. The number of sulfonamides is 1. The third-order valence-electron chi connectivity index (χ3n) is 7.14. The molecule has 1 fully saturated rings. The van der Waals surface area contributed by atoms with Crippen molar-refractivity contribution in [2.75, 3.05) is 23.7 Å². The number of rotatable bonds is 9. The molecule has 0 unspecified atom stereocenters. The van der Waals surface area contributed by atoms with Crippen molar-refractivity contribution in [1.82, 2.24) is 14.7 Å². The van der Waals surface area contributed by atoms with Gasteiger partial charge in [0.2, 0.25) is 16.0 Å². The maximum absolute atomic E-state index is 12.9. The Hall–Kier alpha value is -3.23. The number of benzene rings is 3. The van der Waals surface area contributed by atoms with Crippen LogP contribution in [0.15, 0.2) is 71.6 Å². The zero-order chi connectivity index (χ0) is 25.8. The van der Waals surface area contributed by atoms with Gasteiger partial charge < -0.3 is 10.6 Å². The SMILES string of the molecule is CC(C)Nc1nc(NCC2CCC(CNS(=O)(=O)c3ccc4ccccc4c3)CC2)nc2ccccc12. The first-order valence-electron chi connectivity index (χ1n) is 13.1. The summed E-state index contributed by atoms with van der Waals surface area (Å²) in [5.41, 5.74) is 0.922. The zero-order valence-electron chi connectivity index (χ0n) is 21.4. The highest BCUT2D eigenvalue weighted by Crippen LogP contribution is 2.30. The van der Waals surface area contributed by atoms with Gasteiger partial charge in [-0.05, 0) is 86.4 Å². The lowest BCUT2D eigenvalue weighted by Crippen LogP contribution is -2.32. The average Bonchev–Trinajstić information content (AvgIpc) is 2.91. The van der Waals surface area contributed by atoms with Gasteiger partial charge in [0.25, 0.3) is 0 Å². The van der Waals surface area contributed by atoms with Gasteiger partial charge in [-0.1, -0.05) is 42.5 Å². The summed E-state index contributed by atoms with van der Waals surface area (Å²) >= 11 is 0. The Balaban J connectivity index is 1.13. The molecule has 1 aromatic heterocycles. The van der Waals surface area contributed by atoms with Crippen LogP contribution >= 0.6 is 0 Å². The van der Waals surface area contributed by atoms with E-state index in [0.29, 0.717) is 29.2 Å². The maximum atomic E-state index is 12.9. The van der Waals surface area contributed by atoms with Crippen LogP contribution < -0.4 is 15.4 Å². The zero-order valence-corrected chi connectivity index (χ0v) is 22.3. The molecule has 3 N–H and O–H groups in total. The monoisotopic (exact) mass is 517 g/mol. The average molecular weight is 518 g/mol. The van der Waals surface area contributed by atoms with Crippen LogP contribution in [0.25, 0.3) is 21.7 Å². The fourth-order valence-corrected chi connectivity index (χ4v) is 6.21. The Kier molecular flexibility index (Phi) is 7.58. The summed E-state index contributed by atoms with van der Waals surface area (Å²) in [7, 11) is -3.53. The van der Waals surface area contributed by atoms with Gasteiger partial charge in [-0.2, -0.15) is 4.98 Å². The van der Waals surface area contributed by atoms with E-state index in [1.165, 1.54) is 0 Å². The molecule has 0 spiro atoms. The molecule has 0 bridgehead atoms. The summed E-state index contributed by atoms with van der Waals surface area (Å²) in [6.45, 7) is 5.50. The molecule has 194 valence electrons. The van der Waals surface area contributed by atoms with E-state index in [0.717, 1.165) is 59.7 Å². The summed E-state index contributed by atoms with van der Waals surface area (Å²) in [6.07, 6.45) is 4.12. The minimum absolute atomic E-state index is 0.278. The quantitative estimate of drug-likeness (QED) is 0.260. The summed E-state index contributed by atoms with van der Waals surface area (Å²) in [4.78, 5) is 9.77. The van der Waals surface area contributed by atoms with Gasteiger partial charge in [0, 0.05) is 24.5 Å². The Morgan fingerprint density at radius 3 is 2.27 bits per heavy atom. The van der Waals surface area contributed by atoms with Crippen LogP contribution in [0.2, 0.25) is 0 Å². The highest BCUT2D eigenvalue weighted by Gasteiger charge is 2.24. The number of aromatic nitrogens is 2. The number of hydrogen-bond acceptors (Lipinski definition) is 6. The summed E-state index contributed by atoms with van der Waals surface area (Å²) in [5.74, 6) is 2.37. The molecule has 0 aliphatic heterocycles. The molecule has 3 aromatic carbocycles. The molecule has 5 rings (SSSR count). The first-order valence-corrected chi connectivity index (χ1v) is 14.6. The second-order valence-corrected chi connectivity index (χ2v) is 12.1. The Morgan fingerprint density at radius 2 is 1.51 bits per heavy atom. The van der Waals surface area contributed by atoms with E-state index in [1.54, 1.807) is 12.1 Å². The summed E-state index contributed by atoms with van der Waals surface area (Å²) in [6, 6.07) is 21.4. The standard InChI is InChI=1S/C29H35N5O2S/c1-20(2)32-28-26-9-5-6-10-27(26)33-29(34-28)30-18-21-11-13-22(14-12-21)19-31-37(35,36)25-16-15-23-7-3-4-8-24(23)17-25/h3-10,15-17,20-22,31H,11-14,18-19H2,1-2H3,(H2,30,32,33,34). The van der Waals surface area contributed by atoms with Crippen molar-refractivity contribution in [3.05, 3.63) is 66.7 Å². The van der Waals surface area contributed by atoms with Crippen molar-refractivity contribution in [3.8, 4) is 0 Å². The molecule has 4 aromatic rings. The van der Waals surface area contributed by atoms with E-state index in [4.69, 9.17) is 9.97 Å². The normalized spacial score (nSPS) is 18.4. The molecule has 0 radical (unpaired) electrons. The van der Waals surface area contributed by atoms with Crippen LogP contribution in [0.5, 0.6) is 0 Å². The van der Waals surface area contributed by atoms with Gasteiger partial charge in [-0.25, -0.2) is 18.1 Å². The summed E-state index contributed by atoms with van der Waals surface area (Å²) < 4.78 is 28.6. The van der Waals surface area contributed by atoms with E-state index in [-0.39, 0.29) is 6.04 Å². The highest BCUT2D eigenvalue weighted by atomic mass is 32.2. The summed E-state index contributed by atoms with van der Waals surface area (Å²) in [5, 5.41) is 9.87. The predicted molar refractivity (Wildman–Crippen MR) is 151 cm³/mol. The van der Waals surface area contributed by atoms with Crippen LogP contribution in [0, 0.1) is 11.8 Å². The molecule has 0 saturated heterocycles. The van der Waals surface area contributed by atoms with E-state index in [9.17, 15) is 8.42 Å². The van der Waals surface area contributed by atoms with Crippen molar-refractivity contribution in [2.24, 2.45) is 11.8 Å². The van der Waals surface area contributed by atoms with Crippen LogP contribution in [0.3, 0.4) is 0 Å². The molecule has 1 heterocycles. The fraction of sp³-hybridized carbons (Fsp3) is 0.379. The second-order valence-electron chi connectivity index (χ2n) is 10.3. The number of anilines is 2. The maximum Gasteiger partial charge on any atom is 0.240 e. The van der Waals surface area contributed by atoms with Crippen molar-refractivity contribution in [1.29, 1.82) is 0 Å². The third kappa shape index (κ3) is 6.19. The first kappa shape index (κ1) is 25.4. The van der Waals surface area contributed by atoms with Crippen LogP contribution in [0.4, 0.5) is 11.8 Å². The Morgan fingerprint density at radius 1 is 0.838 bits per heavy atom. The number of fused-ring (bicyclic) bond motifs is 2. The van der Waals surface area contributed by atoms with Crippen LogP contribution in [0.1, 0.15) is 39.5 Å². The first-order chi connectivity index (χ1) is 17.9. The molecule has 37 heavy (non-hydrogen) atoms. The van der Waals surface area contributed by atoms with Gasteiger partial charge >= 0.3 is 0 Å². The molecule has 1 aliphatic rings. The topological polar surface area (TPSA) is 96.0 Å². The van der Waals surface area contributed by atoms with Crippen LogP contribution in [-0.2, 0) is 10.0 Å². The van der Waals surface area contributed by atoms with Gasteiger partial charge in [0.1, 0.15) is 5.82 Å². The van der Waals surface area contributed by atoms with Crippen LogP contribution in [-0.4, -0.2) is 37.5 Å². The lowest BCUT2D eigenvalue weighted by atomic mass is 9.82. The minimum atomic E-state index is -3.53. The van der Waals surface area contributed by atoms with E-state index in [1.807, 2.05) is 54.6 Å². The third-order valence-corrected chi connectivity index (χ3v) is 8.56. The largest absolute Gasteiger partial charge is 0.367 e. The van der Waals surface area contributed by atoms with Gasteiger partial charge in [-0.3, -0.25) is 0 Å². The van der Waals surface area contributed by atoms with E-state index in [2.05, 4.69) is 29.2 Å². The van der Waals surface area contributed by atoms with E-state index < -0.39 is 10.0 Å². The lowest BCUT2D eigenvalue weighted by Gasteiger charge is -2.28. The van der Waals surface area contributed by atoms with Gasteiger partial charge in [0.15, 0.2) is 0 Å².